The van der Waals surface area contributed by atoms with E-state index in [0.29, 0.717) is 15.7 Å². The monoisotopic (exact) mass is 386 g/mol. The number of nitrogens with zero attached hydrogens (tertiary/aromatic N) is 3. The summed E-state index contributed by atoms with van der Waals surface area (Å²) in [4.78, 5) is 19.1. The zero-order chi connectivity index (χ0) is 17.6. The van der Waals surface area contributed by atoms with E-state index in [2.05, 4.69) is 15.1 Å². The van der Waals surface area contributed by atoms with Gasteiger partial charge in [-0.25, -0.2) is 4.79 Å². The summed E-state index contributed by atoms with van der Waals surface area (Å²) in [6.45, 7) is 9.09. The number of amides is 2. The minimum Gasteiger partial charge on any atom is -0.379 e. The lowest BCUT2D eigenvalue weighted by Gasteiger charge is -2.36. The molecule has 0 atom stereocenters. The van der Waals surface area contributed by atoms with Crippen LogP contribution < -0.4 is 5.32 Å². The Kier molecular flexibility index (Phi) is 6.78. The van der Waals surface area contributed by atoms with Crippen LogP contribution in [-0.4, -0.2) is 86.3 Å². The van der Waals surface area contributed by atoms with Gasteiger partial charge in [-0.3, -0.25) is 9.80 Å². The molecule has 1 aromatic carbocycles. The number of halogens is 2. The molecule has 2 saturated heterocycles. The number of carbonyl (C=O) groups excluding carboxylic acids is 1. The quantitative estimate of drug-likeness (QED) is 0.863. The predicted octanol–water partition coefficient (Wildman–Crippen LogP) is 2.48. The van der Waals surface area contributed by atoms with Crippen LogP contribution in [0.3, 0.4) is 0 Å². The molecule has 2 amide bonds. The Labute approximate surface area is 158 Å². The zero-order valence-electron chi connectivity index (χ0n) is 14.2. The minimum atomic E-state index is -0.0915. The molecule has 1 aromatic rings. The Bertz CT molecular complexity index is 588. The third kappa shape index (κ3) is 5.46. The number of anilines is 1. The second kappa shape index (κ2) is 9.05. The number of ether oxygens (including phenoxy) is 1. The number of morpholine rings is 1. The van der Waals surface area contributed by atoms with Gasteiger partial charge in [0.1, 0.15) is 0 Å². The first-order valence-electron chi connectivity index (χ1n) is 8.65. The van der Waals surface area contributed by atoms with Crippen LogP contribution in [0.15, 0.2) is 18.2 Å². The number of piperazine rings is 1. The number of urea groups is 1. The zero-order valence-corrected chi connectivity index (χ0v) is 15.7. The maximum atomic E-state index is 12.4. The summed E-state index contributed by atoms with van der Waals surface area (Å²) in [6, 6.07) is 5.01. The summed E-state index contributed by atoms with van der Waals surface area (Å²) in [7, 11) is 0. The van der Waals surface area contributed by atoms with Gasteiger partial charge in [-0.15, -0.1) is 0 Å². The molecule has 2 aliphatic heterocycles. The molecule has 0 unspecified atom stereocenters. The second-order valence-electron chi connectivity index (χ2n) is 6.34. The van der Waals surface area contributed by atoms with Crippen molar-refractivity contribution >= 4 is 34.9 Å². The highest BCUT2D eigenvalue weighted by atomic mass is 35.5. The van der Waals surface area contributed by atoms with E-state index in [0.717, 1.165) is 65.6 Å². The van der Waals surface area contributed by atoms with Gasteiger partial charge in [0.05, 0.1) is 23.3 Å². The first-order valence-corrected chi connectivity index (χ1v) is 9.41. The molecule has 2 heterocycles. The normalized spacial score (nSPS) is 19.8. The van der Waals surface area contributed by atoms with Crippen LogP contribution in [0.1, 0.15) is 0 Å². The molecule has 2 fully saturated rings. The summed E-state index contributed by atoms with van der Waals surface area (Å²) >= 11 is 11.9. The van der Waals surface area contributed by atoms with Crippen molar-refractivity contribution in [3.05, 3.63) is 28.2 Å². The Morgan fingerprint density at radius 2 is 1.60 bits per heavy atom. The minimum absolute atomic E-state index is 0.0915. The van der Waals surface area contributed by atoms with E-state index in [1.165, 1.54) is 0 Å². The van der Waals surface area contributed by atoms with E-state index in [-0.39, 0.29) is 6.03 Å². The molecule has 2 aliphatic rings. The maximum Gasteiger partial charge on any atom is 0.321 e. The molecule has 0 aromatic heterocycles. The van der Waals surface area contributed by atoms with Crippen molar-refractivity contribution < 1.29 is 9.53 Å². The predicted molar refractivity (Wildman–Crippen MR) is 101 cm³/mol. The summed E-state index contributed by atoms with van der Waals surface area (Å²) in [5.41, 5.74) is 0.661. The molecule has 3 rings (SSSR count). The van der Waals surface area contributed by atoms with E-state index in [9.17, 15) is 4.79 Å². The van der Waals surface area contributed by atoms with E-state index in [4.69, 9.17) is 27.9 Å². The van der Waals surface area contributed by atoms with Crippen molar-refractivity contribution in [2.45, 2.75) is 0 Å². The van der Waals surface area contributed by atoms with Crippen LogP contribution in [0.4, 0.5) is 10.5 Å². The summed E-state index contributed by atoms with van der Waals surface area (Å²) in [5.74, 6) is 0. The van der Waals surface area contributed by atoms with Gasteiger partial charge in [0, 0.05) is 58.0 Å². The maximum absolute atomic E-state index is 12.4. The number of hydrogen-bond acceptors (Lipinski definition) is 4. The highest BCUT2D eigenvalue weighted by Gasteiger charge is 2.22. The SMILES string of the molecule is O=C(Nc1ccc(Cl)c(Cl)c1)N1CCN(CCN2CCOCC2)CC1. The topological polar surface area (TPSA) is 48.1 Å². The van der Waals surface area contributed by atoms with E-state index in [1.54, 1.807) is 18.2 Å². The highest BCUT2D eigenvalue weighted by Crippen LogP contribution is 2.25. The lowest BCUT2D eigenvalue weighted by molar-refractivity contribution is 0.0311. The molecule has 1 N–H and O–H groups in total. The first kappa shape index (κ1) is 18.7. The fraction of sp³-hybridized carbons (Fsp3) is 0.588. The van der Waals surface area contributed by atoms with Crippen LogP contribution in [0.2, 0.25) is 10.0 Å². The lowest BCUT2D eigenvalue weighted by atomic mass is 10.3. The standard InChI is InChI=1S/C17H24Cl2N4O2/c18-15-2-1-14(13-16(15)19)20-17(24)23-7-5-21(6-8-23)3-4-22-9-11-25-12-10-22/h1-2,13H,3-12H2,(H,20,24). The molecule has 0 spiro atoms. The van der Waals surface area contributed by atoms with Crippen molar-refractivity contribution in [1.82, 2.24) is 14.7 Å². The molecule has 0 bridgehead atoms. The van der Waals surface area contributed by atoms with Gasteiger partial charge in [-0.1, -0.05) is 23.2 Å². The molecule has 0 saturated carbocycles. The molecular formula is C17H24Cl2N4O2. The number of nitrogens with one attached hydrogen (secondary N) is 1. The van der Waals surface area contributed by atoms with Crippen LogP contribution >= 0.6 is 23.2 Å². The third-order valence-electron chi connectivity index (χ3n) is 4.67. The Morgan fingerprint density at radius 1 is 0.960 bits per heavy atom. The average molecular weight is 387 g/mol. The highest BCUT2D eigenvalue weighted by molar-refractivity contribution is 6.42. The molecule has 138 valence electrons. The molecule has 0 radical (unpaired) electrons. The molecule has 25 heavy (non-hydrogen) atoms. The fourth-order valence-corrected chi connectivity index (χ4v) is 3.36. The van der Waals surface area contributed by atoms with Gasteiger partial charge in [0.25, 0.3) is 0 Å². The molecule has 0 aliphatic carbocycles. The average Bonchev–Trinajstić information content (AvgIpc) is 2.64. The third-order valence-corrected chi connectivity index (χ3v) is 5.41. The van der Waals surface area contributed by atoms with Crippen molar-refractivity contribution in [1.29, 1.82) is 0 Å². The first-order chi connectivity index (χ1) is 12.1. The van der Waals surface area contributed by atoms with Crippen molar-refractivity contribution in [2.75, 3.05) is 70.9 Å². The van der Waals surface area contributed by atoms with Crippen molar-refractivity contribution in [3.63, 3.8) is 0 Å². The molecule has 8 heteroatoms. The molecule has 6 nitrogen and oxygen atoms in total. The van der Waals surface area contributed by atoms with Crippen LogP contribution in [-0.2, 0) is 4.74 Å². The van der Waals surface area contributed by atoms with Crippen molar-refractivity contribution in [3.8, 4) is 0 Å². The van der Waals surface area contributed by atoms with Gasteiger partial charge in [0.2, 0.25) is 0 Å². The Balaban J connectivity index is 1.40. The van der Waals surface area contributed by atoms with Gasteiger partial charge in [-0.05, 0) is 18.2 Å². The van der Waals surface area contributed by atoms with E-state index >= 15 is 0 Å². The number of carbonyl (C=O) groups is 1. The van der Waals surface area contributed by atoms with Gasteiger partial charge in [0.15, 0.2) is 0 Å². The summed E-state index contributed by atoms with van der Waals surface area (Å²) in [5, 5.41) is 3.80. The Hall–Kier alpha value is -1.05. The smallest absolute Gasteiger partial charge is 0.321 e. The van der Waals surface area contributed by atoms with Crippen LogP contribution in [0.5, 0.6) is 0 Å². The number of benzene rings is 1. The van der Waals surface area contributed by atoms with E-state index in [1.807, 2.05) is 4.90 Å². The van der Waals surface area contributed by atoms with Crippen molar-refractivity contribution in [2.24, 2.45) is 0 Å². The number of hydrogen-bond donors (Lipinski definition) is 1. The van der Waals surface area contributed by atoms with Gasteiger partial charge >= 0.3 is 6.03 Å². The Morgan fingerprint density at radius 3 is 2.24 bits per heavy atom. The van der Waals surface area contributed by atoms with Gasteiger partial charge < -0.3 is 15.0 Å². The fourth-order valence-electron chi connectivity index (χ4n) is 3.06. The van der Waals surface area contributed by atoms with Crippen LogP contribution in [0, 0.1) is 0 Å². The largest absolute Gasteiger partial charge is 0.379 e. The summed E-state index contributed by atoms with van der Waals surface area (Å²) < 4.78 is 5.37. The molecular weight excluding hydrogens is 363 g/mol. The number of rotatable bonds is 4. The van der Waals surface area contributed by atoms with Crippen LogP contribution in [0.25, 0.3) is 0 Å². The summed E-state index contributed by atoms with van der Waals surface area (Å²) in [6.07, 6.45) is 0. The van der Waals surface area contributed by atoms with Gasteiger partial charge in [-0.2, -0.15) is 0 Å². The lowest BCUT2D eigenvalue weighted by Crippen LogP contribution is -2.51. The second-order valence-corrected chi connectivity index (χ2v) is 7.16. The van der Waals surface area contributed by atoms with E-state index < -0.39 is 0 Å².